The number of fused-ring (bicyclic) bond motifs is 1. The molecule has 1 saturated heterocycles. The first-order valence-corrected chi connectivity index (χ1v) is 12.5. The number of anilines is 4. The Morgan fingerprint density at radius 2 is 1.56 bits per heavy atom. The first kappa shape index (κ1) is 26.5. The van der Waals surface area contributed by atoms with E-state index < -0.39 is 18.0 Å². The highest BCUT2D eigenvalue weighted by atomic mass is 32.1. The van der Waals surface area contributed by atoms with Crippen LogP contribution in [0.25, 0.3) is 10.2 Å². The number of alkyl halides is 6. The van der Waals surface area contributed by atoms with Crippen LogP contribution in [0.3, 0.4) is 0 Å². The molecule has 1 amide bonds. The van der Waals surface area contributed by atoms with Crippen molar-refractivity contribution in [2.24, 2.45) is 0 Å². The molecule has 0 saturated carbocycles. The van der Waals surface area contributed by atoms with Gasteiger partial charge in [0.05, 0.1) is 15.8 Å². The Hall–Kier alpha value is -4.07. The minimum absolute atomic E-state index is 0.113. The van der Waals surface area contributed by atoms with Crippen molar-refractivity contribution in [1.29, 1.82) is 0 Å². The Morgan fingerprint density at radius 3 is 2.23 bits per heavy atom. The molecular weight excluding hydrogens is 546 g/mol. The fourth-order valence-electron chi connectivity index (χ4n) is 4.20. The van der Waals surface area contributed by atoms with Crippen molar-refractivity contribution in [3.63, 3.8) is 0 Å². The van der Waals surface area contributed by atoms with Crippen molar-refractivity contribution in [2.75, 3.05) is 41.7 Å². The predicted molar refractivity (Wildman–Crippen MR) is 136 cm³/mol. The summed E-state index contributed by atoms with van der Waals surface area (Å²) in [5.41, 5.74) is 0.111. The fourth-order valence-corrected chi connectivity index (χ4v) is 5.17. The first-order valence-electron chi connectivity index (χ1n) is 11.6. The summed E-state index contributed by atoms with van der Waals surface area (Å²) in [6.45, 7) is 1.42. The molecule has 0 spiro atoms. The first-order chi connectivity index (χ1) is 18.5. The highest BCUT2D eigenvalue weighted by Crippen LogP contribution is 2.33. The molecule has 2 N–H and O–H groups in total. The zero-order chi connectivity index (χ0) is 27.8. The quantitative estimate of drug-likeness (QED) is 0.217. The van der Waals surface area contributed by atoms with E-state index in [0.29, 0.717) is 58.5 Å². The number of amides is 1. The predicted octanol–water partition coefficient (Wildman–Crippen LogP) is 6.35. The largest absolute Gasteiger partial charge is 0.482 e. The van der Waals surface area contributed by atoms with Crippen LogP contribution in [0.4, 0.5) is 49.2 Å². The van der Waals surface area contributed by atoms with E-state index in [1.54, 1.807) is 17.0 Å². The molecule has 7 nitrogen and oxygen atoms in total. The minimum Gasteiger partial charge on any atom is -0.368 e. The maximum absolute atomic E-state index is 13.2. The van der Waals surface area contributed by atoms with Gasteiger partial charge in [0, 0.05) is 43.2 Å². The lowest BCUT2D eigenvalue weighted by atomic mass is 10.1. The average Bonchev–Trinajstić information content (AvgIpc) is 3.34. The van der Waals surface area contributed by atoms with E-state index in [9.17, 15) is 31.1 Å². The van der Waals surface area contributed by atoms with Crippen molar-refractivity contribution in [3.8, 4) is 0 Å². The van der Waals surface area contributed by atoms with Crippen molar-refractivity contribution in [3.05, 3.63) is 71.4 Å². The number of benzene rings is 2. The molecule has 1 aliphatic rings. The third-order valence-electron chi connectivity index (χ3n) is 6.08. The van der Waals surface area contributed by atoms with Gasteiger partial charge in [-0.1, -0.05) is 6.07 Å². The lowest BCUT2D eigenvalue weighted by Crippen LogP contribution is -2.48. The zero-order valence-electron chi connectivity index (χ0n) is 20.0. The minimum atomic E-state index is -4.54. The van der Waals surface area contributed by atoms with E-state index in [1.807, 2.05) is 4.90 Å². The zero-order valence-corrected chi connectivity index (χ0v) is 20.8. The van der Waals surface area contributed by atoms with Gasteiger partial charge in [0.2, 0.25) is 0 Å². The van der Waals surface area contributed by atoms with Gasteiger partial charge in [0.1, 0.15) is 17.0 Å². The van der Waals surface area contributed by atoms with Gasteiger partial charge in [0.25, 0.3) is 5.91 Å². The van der Waals surface area contributed by atoms with Crippen molar-refractivity contribution < 1.29 is 31.1 Å². The topological polar surface area (TPSA) is 73.4 Å². The maximum atomic E-state index is 13.2. The standard InChI is InChI=1S/C25H20F6N6OS/c26-24(27,28)15-2-1-3-18(12-15)36-8-10-37(11-9-36)23(38)20-13-19-21(32-14-33-22(19)39-20)34-16-4-6-17(7-5-16)35-25(29,30)31/h1-7,12-14,35H,8-11H2,(H,32,33,34). The normalized spacial score (nSPS) is 14.5. The number of aromatic nitrogens is 2. The van der Waals surface area contributed by atoms with Crippen molar-refractivity contribution in [2.45, 2.75) is 12.5 Å². The molecule has 0 aliphatic carbocycles. The molecule has 2 aromatic carbocycles. The molecule has 4 aromatic rings. The van der Waals surface area contributed by atoms with Gasteiger partial charge < -0.3 is 15.1 Å². The molecule has 0 atom stereocenters. The van der Waals surface area contributed by atoms with Crippen LogP contribution in [0.2, 0.25) is 0 Å². The second-order valence-electron chi connectivity index (χ2n) is 8.70. The molecule has 14 heteroatoms. The van der Waals surface area contributed by atoms with Crippen LogP contribution in [0, 0.1) is 0 Å². The molecule has 0 unspecified atom stereocenters. The number of nitrogens with zero attached hydrogens (tertiary/aromatic N) is 4. The fraction of sp³-hybridized carbons (Fsp3) is 0.240. The van der Waals surface area contributed by atoms with Gasteiger partial charge in [-0.25, -0.2) is 9.97 Å². The van der Waals surface area contributed by atoms with Gasteiger partial charge in [0.15, 0.2) is 0 Å². The lowest BCUT2D eigenvalue weighted by molar-refractivity contribution is -0.137. The molecule has 3 heterocycles. The Labute approximate surface area is 222 Å². The van der Waals surface area contributed by atoms with Gasteiger partial charge >= 0.3 is 12.5 Å². The van der Waals surface area contributed by atoms with Crippen molar-refractivity contribution >= 4 is 50.3 Å². The maximum Gasteiger partial charge on any atom is 0.482 e. The monoisotopic (exact) mass is 566 g/mol. The van der Waals surface area contributed by atoms with E-state index in [2.05, 4.69) is 15.3 Å². The molecule has 39 heavy (non-hydrogen) atoms. The van der Waals surface area contributed by atoms with Crippen LogP contribution in [0.1, 0.15) is 15.2 Å². The van der Waals surface area contributed by atoms with Gasteiger partial charge in [-0.2, -0.15) is 26.3 Å². The number of hydrogen-bond acceptors (Lipinski definition) is 7. The summed E-state index contributed by atoms with van der Waals surface area (Å²) < 4.78 is 76.7. The summed E-state index contributed by atoms with van der Waals surface area (Å²) in [5.74, 6) is 0.163. The SMILES string of the molecule is O=C(c1cc2c(Nc3ccc(NC(F)(F)F)cc3)ncnc2s1)N1CCN(c2cccc(C(F)(F)F)c2)CC1. The van der Waals surface area contributed by atoms with Crippen LogP contribution in [-0.4, -0.2) is 53.3 Å². The number of halogens is 6. The van der Waals surface area contributed by atoms with Crippen LogP contribution >= 0.6 is 11.3 Å². The Kier molecular flexibility index (Phi) is 6.97. The van der Waals surface area contributed by atoms with E-state index >= 15 is 0 Å². The second kappa shape index (κ2) is 10.2. The summed E-state index contributed by atoms with van der Waals surface area (Å²) in [4.78, 5) is 26.1. The third kappa shape index (κ3) is 6.16. The molecule has 2 aromatic heterocycles. The Bertz CT molecular complexity index is 1480. The van der Waals surface area contributed by atoms with Crippen LogP contribution < -0.4 is 15.5 Å². The summed E-state index contributed by atoms with van der Waals surface area (Å²) in [6, 6.07) is 12.2. The molecule has 0 bridgehead atoms. The number of piperazine rings is 1. The van der Waals surface area contributed by atoms with Crippen molar-refractivity contribution in [1.82, 2.24) is 14.9 Å². The van der Waals surface area contributed by atoms with E-state index in [4.69, 9.17) is 0 Å². The van der Waals surface area contributed by atoms with Crippen LogP contribution in [0.5, 0.6) is 0 Å². The molecule has 0 radical (unpaired) electrons. The number of carbonyl (C=O) groups is 1. The summed E-state index contributed by atoms with van der Waals surface area (Å²) in [7, 11) is 0. The van der Waals surface area contributed by atoms with E-state index in [1.165, 1.54) is 53.3 Å². The molecule has 5 rings (SSSR count). The third-order valence-corrected chi connectivity index (χ3v) is 7.11. The number of nitrogens with one attached hydrogen (secondary N) is 2. The van der Waals surface area contributed by atoms with E-state index in [0.717, 1.165) is 12.1 Å². The highest BCUT2D eigenvalue weighted by molar-refractivity contribution is 7.20. The van der Waals surface area contributed by atoms with Gasteiger partial charge in [-0.15, -0.1) is 11.3 Å². The van der Waals surface area contributed by atoms with Gasteiger partial charge in [-0.05, 0) is 48.5 Å². The van der Waals surface area contributed by atoms with E-state index in [-0.39, 0.29) is 11.6 Å². The number of carbonyl (C=O) groups excluding carboxylic acids is 1. The van der Waals surface area contributed by atoms with Gasteiger partial charge in [-0.3, -0.25) is 10.1 Å². The molecule has 1 aliphatic heterocycles. The van der Waals surface area contributed by atoms with Crippen LogP contribution in [0.15, 0.2) is 60.9 Å². The Morgan fingerprint density at radius 1 is 0.872 bits per heavy atom. The smallest absolute Gasteiger partial charge is 0.368 e. The Balaban J connectivity index is 1.26. The lowest BCUT2D eigenvalue weighted by Gasteiger charge is -2.36. The van der Waals surface area contributed by atoms with Crippen LogP contribution in [-0.2, 0) is 6.18 Å². The molecular formula is C25H20F6N6OS. The average molecular weight is 567 g/mol. The number of hydrogen-bond donors (Lipinski definition) is 2. The highest BCUT2D eigenvalue weighted by Gasteiger charge is 2.31. The summed E-state index contributed by atoms with van der Waals surface area (Å²) in [5, 5.41) is 5.04. The molecule has 1 fully saturated rings. The molecule has 204 valence electrons. The summed E-state index contributed by atoms with van der Waals surface area (Å²) >= 11 is 1.18. The number of rotatable bonds is 5. The summed E-state index contributed by atoms with van der Waals surface area (Å²) in [6.07, 6.45) is -7.65. The number of thiophene rings is 1. The second-order valence-corrected chi connectivity index (χ2v) is 9.73.